The highest BCUT2D eigenvalue weighted by Crippen LogP contribution is 2.34. The Hall–Kier alpha value is -4.43. The van der Waals surface area contributed by atoms with E-state index in [-0.39, 0.29) is 58.1 Å². The second-order valence-electron chi connectivity index (χ2n) is 9.96. The van der Waals surface area contributed by atoms with Gasteiger partial charge in [-0.1, -0.05) is 99.9 Å². The van der Waals surface area contributed by atoms with Gasteiger partial charge >= 0.3 is 11.9 Å². The first kappa shape index (κ1) is 41.3. The monoisotopic (exact) mass is 858 g/mol. The van der Waals surface area contributed by atoms with E-state index in [1.807, 2.05) is 30.3 Å². The van der Waals surface area contributed by atoms with Crippen LogP contribution in [0, 0.1) is 0 Å². The number of anilines is 2. The molecule has 2 aromatic heterocycles. The number of rotatable bonds is 13. The zero-order valence-corrected chi connectivity index (χ0v) is 32.7. The van der Waals surface area contributed by atoms with Crippen LogP contribution in [0.15, 0.2) is 88.9 Å². The summed E-state index contributed by atoms with van der Waals surface area (Å²) in [5.74, 6) is -3.84. The molecule has 0 bridgehead atoms. The largest absolute Gasteiger partial charge is 0.460 e. The van der Waals surface area contributed by atoms with Gasteiger partial charge in [0.1, 0.15) is 14.6 Å². The summed E-state index contributed by atoms with van der Waals surface area (Å²) in [5.41, 5.74) is 1.86. The quantitative estimate of drug-likeness (QED) is 0.0697. The molecule has 0 saturated heterocycles. The topological polar surface area (TPSA) is 205 Å². The van der Waals surface area contributed by atoms with Gasteiger partial charge in [0, 0.05) is 5.02 Å². The summed E-state index contributed by atoms with van der Waals surface area (Å²) < 4.78 is 63.6. The molecule has 0 saturated carbocycles. The van der Waals surface area contributed by atoms with Crippen LogP contribution in [-0.4, -0.2) is 63.5 Å². The number of nitrogens with one attached hydrogen (secondary N) is 2. The molecule has 5 aromatic rings. The van der Waals surface area contributed by atoms with E-state index in [0.717, 1.165) is 34.9 Å². The lowest BCUT2D eigenvalue weighted by molar-refractivity contribution is -0.138. The first-order valence-electron chi connectivity index (χ1n) is 14.8. The molecule has 0 aliphatic rings. The van der Waals surface area contributed by atoms with Crippen LogP contribution < -0.4 is 9.44 Å². The van der Waals surface area contributed by atoms with Crippen molar-refractivity contribution in [3.8, 4) is 11.1 Å². The lowest BCUT2D eigenvalue weighted by Gasteiger charge is -2.09. The third kappa shape index (κ3) is 10.8. The molecule has 0 amide bonds. The fourth-order valence-corrected chi connectivity index (χ4v) is 9.55. The van der Waals surface area contributed by atoms with Gasteiger partial charge in [0.25, 0.3) is 31.6 Å². The average molecular weight is 860 g/mol. The number of carbonyl (C=O) groups is 4. The molecule has 0 unspecified atom stereocenters. The Kier molecular flexibility index (Phi) is 14.1. The molecular formula is C32H25Cl3N4O10S4. The van der Waals surface area contributed by atoms with E-state index in [9.17, 15) is 36.0 Å². The Bertz CT molecular complexity index is 2350. The number of halogens is 3. The standard InChI is InChI=1S/C19H16N2O5S2.C13H9Cl3N2O5S2/c1-2-26-18(23)17(22)16-12-20-19(27-16)21-28(24,25)15-10-8-14(9-11-15)13-6-4-3-5-7-13;1-2-23-12(20)10(19)9-5-17-13(24-9)18-25(21,22)11-7(15)3-6(14)4-8(11)16/h3-12H,2H2,1H3,(H,20,21);3-5H,2H2,1H3,(H,17,18). The van der Waals surface area contributed by atoms with Crippen molar-refractivity contribution in [2.75, 3.05) is 22.7 Å². The van der Waals surface area contributed by atoms with Crippen LogP contribution in [0.2, 0.25) is 15.1 Å². The Morgan fingerprint density at radius 2 is 1.09 bits per heavy atom. The Morgan fingerprint density at radius 1 is 0.660 bits per heavy atom. The highest BCUT2D eigenvalue weighted by molar-refractivity contribution is 7.93. The first-order valence-corrected chi connectivity index (χ1v) is 20.5. The number of nitrogens with zero attached hydrogens (tertiary/aromatic N) is 2. The van der Waals surface area contributed by atoms with Crippen molar-refractivity contribution in [3.05, 3.63) is 104 Å². The Morgan fingerprint density at radius 3 is 1.55 bits per heavy atom. The van der Waals surface area contributed by atoms with Crippen LogP contribution in [0.3, 0.4) is 0 Å². The van der Waals surface area contributed by atoms with Gasteiger partial charge in [0.2, 0.25) is 0 Å². The SMILES string of the molecule is CCOC(=O)C(=O)c1cnc(NS(=O)(=O)c2c(Cl)cc(Cl)cc2Cl)s1.CCOC(=O)C(=O)c1cnc(NS(=O)(=O)c2ccc(-c3ccccc3)cc2)s1. The third-order valence-corrected chi connectivity index (χ3v) is 12.2. The molecule has 0 aliphatic heterocycles. The number of carbonyl (C=O) groups excluding carboxylic acids is 4. The van der Waals surface area contributed by atoms with Crippen LogP contribution in [0.4, 0.5) is 10.3 Å². The molecule has 0 atom stereocenters. The summed E-state index contributed by atoms with van der Waals surface area (Å²) in [7, 11) is -8.07. The number of aromatic nitrogens is 2. The second kappa shape index (κ2) is 18.1. The fourth-order valence-electron chi connectivity index (χ4n) is 4.03. The molecule has 0 spiro atoms. The van der Waals surface area contributed by atoms with Crippen LogP contribution in [0.1, 0.15) is 33.2 Å². The lowest BCUT2D eigenvalue weighted by Crippen LogP contribution is -2.16. The van der Waals surface area contributed by atoms with Crippen molar-refractivity contribution in [2.45, 2.75) is 23.6 Å². The molecule has 53 heavy (non-hydrogen) atoms. The van der Waals surface area contributed by atoms with Gasteiger partial charge in [0.15, 0.2) is 10.3 Å². The molecule has 278 valence electrons. The van der Waals surface area contributed by atoms with Gasteiger partial charge in [0.05, 0.1) is 40.5 Å². The zero-order chi connectivity index (χ0) is 38.9. The number of ether oxygens (including phenoxy) is 2. The molecule has 2 N–H and O–H groups in total. The molecule has 2 heterocycles. The summed E-state index contributed by atoms with van der Waals surface area (Å²) >= 11 is 19.0. The third-order valence-electron chi connectivity index (χ3n) is 6.33. The predicted octanol–water partition coefficient (Wildman–Crippen LogP) is 7.01. The van der Waals surface area contributed by atoms with Gasteiger partial charge in [-0.2, -0.15) is 0 Å². The van der Waals surface area contributed by atoms with Crippen molar-refractivity contribution in [3.63, 3.8) is 0 Å². The smallest absolute Gasteiger partial charge is 0.380 e. The average Bonchev–Trinajstić information content (AvgIpc) is 3.77. The minimum atomic E-state index is -4.19. The maximum Gasteiger partial charge on any atom is 0.380 e. The molecule has 3 aromatic carbocycles. The number of hydrogen-bond acceptors (Lipinski definition) is 14. The van der Waals surface area contributed by atoms with Crippen LogP contribution in [-0.2, 0) is 39.1 Å². The summed E-state index contributed by atoms with van der Waals surface area (Å²) in [4.78, 5) is 53.7. The van der Waals surface area contributed by atoms with Crippen molar-refractivity contribution >= 4 is 111 Å². The van der Waals surface area contributed by atoms with Crippen molar-refractivity contribution in [2.24, 2.45) is 0 Å². The molecular weight excluding hydrogens is 835 g/mol. The number of sulfonamides is 2. The Labute approximate surface area is 326 Å². The van der Waals surface area contributed by atoms with E-state index >= 15 is 0 Å². The molecule has 0 radical (unpaired) electrons. The van der Waals surface area contributed by atoms with Gasteiger partial charge in [-0.25, -0.2) is 36.4 Å². The number of Topliss-reactive ketones (excluding diaryl/α,β-unsaturated/α-hetero) is 2. The van der Waals surface area contributed by atoms with Gasteiger partial charge in [-0.15, -0.1) is 0 Å². The summed E-state index contributed by atoms with van der Waals surface area (Å²) in [6, 6.07) is 18.4. The van der Waals surface area contributed by atoms with Crippen molar-refractivity contribution in [1.29, 1.82) is 0 Å². The summed E-state index contributed by atoms with van der Waals surface area (Å²) in [5, 5.41) is -0.339. The molecule has 0 aliphatic carbocycles. The van der Waals surface area contributed by atoms with E-state index in [4.69, 9.17) is 34.8 Å². The van der Waals surface area contributed by atoms with Crippen LogP contribution in [0.5, 0.6) is 0 Å². The van der Waals surface area contributed by atoms with E-state index in [1.165, 1.54) is 24.3 Å². The molecule has 14 nitrogen and oxygen atoms in total. The minimum absolute atomic E-state index is 0.00410. The van der Waals surface area contributed by atoms with Crippen molar-refractivity contribution in [1.82, 2.24) is 9.97 Å². The van der Waals surface area contributed by atoms with Gasteiger partial charge < -0.3 is 9.47 Å². The number of esters is 2. The van der Waals surface area contributed by atoms with Crippen LogP contribution >= 0.6 is 57.5 Å². The number of benzene rings is 3. The van der Waals surface area contributed by atoms with Crippen LogP contribution in [0.25, 0.3) is 11.1 Å². The zero-order valence-electron chi connectivity index (χ0n) is 27.2. The van der Waals surface area contributed by atoms with Crippen molar-refractivity contribution < 1.29 is 45.5 Å². The second-order valence-corrected chi connectivity index (χ2v) is 16.6. The molecule has 0 fully saturated rings. The fraction of sp³-hybridized carbons (Fsp3) is 0.125. The van der Waals surface area contributed by atoms with E-state index in [2.05, 4.69) is 28.9 Å². The van der Waals surface area contributed by atoms with Gasteiger partial charge in [-0.05, 0) is 49.2 Å². The maximum atomic E-state index is 12.5. The summed E-state index contributed by atoms with van der Waals surface area (Å²) in [6.07, 6.45) is 2.20. The predicted molar refractivity (Wildman–Crippen MR) is 201 cm³/mol. The summed E-state index contributed by atoms with van der Waals surface area (Å²) in [6.45, 7) is 3.25. The lowest BCUT2D eigenvalue weighted by atomic mass is 10.1. The highest BCUT2D eigenvalue weighted by atomic mass is 35.5. The molecule has 5 rings (SSSR count). The normalized spacial score (nSPS) is 11.1. The Balaban J connectivity index is 0.000000238. The minimum Gasteiger partial charge on any atom is -0.460 e. The maximum absolute atomic E-state index is 12.5. The van der Waals surface area contributed by atoms with E-state index < -0.39 is 43.6 Å². The van der Waals surface area contributed by atoms with E-state index in [1.54, 1.807) is 26.0 Å². The number of ketones is 2. The highest BCUT2D eigenvalue weighted by Gasteiger charge is 2.26. The van der Waals surface area contributed by atoms with E-state index in [0.29, 0.717) is 11.3 Å². The molecule has 21 heteroatoms. The first-order chi connectivity index (χ1) is 25.1. The number of hydrogen-bond donors (Lipinski definition) is 2. The number of thiazole rings is 2. The van der Waals surface area contributed by atoms with Gasteiger partial charge in [-0.3, -0.25) is 19.0 Å².